The van der Waals surface area contributed by atoms with Crippen LogP contribution < -0.4 is 0 Å². The molecule has 6 heterocycles. The lowest BCUT2D eigenvalue weighted by Crippen LogP contribution is -2.67. The number of ether oxygens (including phenoxy) is 12. The van der Waals surface area contributed by atoms with Crippen LogP contribution in [0.15, 0.2) is 11.6 Å². The Hall–Kier alpha value is -1.34. The van der Waals surface area contributed by atoms with E-state index in [1.165, 1.54) is 19.4 Å². The predicted octanol–water partition coefficient (Wildman–Crippen LogP) is -3.50. The van der Waals surface area contributed by atoms with Crippen LogP contribution in [0.2, 0.25) is 0 Å². The quantitative estimate of drug-likeness (QED) is 0.0592. The third-order valence-corrected chi connectivity index (χ3v) is 21.9. The second-order valence-corrected chi connectivity index (χ2v) is 26.8. The second kappa shape index (κ2) is 26.3. The Morgan fingerprint density at radius 3 is 1.74 bits per heavy atom. The van der Waals surface area contributed by atoms with Crippen LogP contribution in [0.3, 0.4) is 0 Å². The second-order valence-electron chi connectivity index (χ2n) is 26.8. The van der Waals surface area contributed by atoms with Crippen LogP contribution in [0.1, 0.15) is 99.3 Å². The Balaban J connectivity index is 0.811. The zero-order valence-electron chi connectivity index (χ0n) is 49.4. The zero-order chi connectivity index (χ0) is 61.5. The van der Waals surface area contributed by atoms with E-state index in [4.69, 9.17) is 56.8 Å². The molecular formula is C58H96O27. The molecule has 6 saturated heterocycles. The van der Waals surface area contributed by atoms with E-state index in [0.717, 1.165) is 32.1 Å². The molecule has 0 aromatic carbocycles. The average Bonchev–Trinajstić information content (AvgIpc) is 1.61. The molecule has 10 rings (SSSR count). The molecule has 0 aromatic heterocycles. The van der Waals surface area contributed by atoms with Gasteiger partial charge >= 0.3 is 0 Å². The Morgan fingerprint density at radius 2 is 1.11 bits per heavy atom. The van der Waals surface area contributed by atoms with Crippen molar-refractivity contribution in [2.24, 2.45) is 46.3 Å². The first-order valence-corrected chi connectivity index (χ1v) is 30.7. The first-order chi connectivity index (χ1) is 40.2. The molecule has 10 aliphatic rings. The van der Waals surface area contributed by atoms with Crippen LogP contribution >= 0.6 is 0 Å². The molecule has 4 aliphatic carbocycles. The van der Waals surface area contributed by atoms with E-state index in [1.807, 2.05) is 6.92 Å². The monoisotopic (exact) mass is 1220 g/mol. The summed E-state index contributed by atoms with van der Waals surface area (Å²) in [4.78, 5) is 0. The van der Waals surface area contributed by atoms with Crippen LogP contribution in [0.5, 0.6) is 0 Å². The van der Waals surface area contributed by atoms with E-state index in [-0.39, 0.29) is 41.3 Å². The number of aliphatic hydroxyl groups is 15. The molecule has 85 heavy (non-hydrogen) atoms. The highest BCUT2D eigenvalue weighted by molar-refractivity contribution is 5.26. The first kappa shape index (κ1) is 66.6. The van der Waals surface area contributed by atoms with Gasteiger partial charge in [-0.05, 0) is 106 Å². The Labute approximate surface area is 494 Å². The molecule has 27 nitrogen and oxygen atoms in total. The van der Waals surface area contributed by atoms with Crippen LogP contribution in [0.4, 0.5) is 0 Å². The minimum absolute atomic E-state index is 0.0134. The lowest BCUT2D eigenvalue weighted by molar-refractivity contribution is -0.398. The maximum atomic E-state index is 11.9. The van der Waals surface area contributed by atoms with Gasteiger partial charge in [0, 0.05) is 19.4 Å². The van der Waals surface area contributed by atoms with Gasteiger partial charge in [-0.1, -0.05) is 39.3 Å². The van der Waals surface area contributed by atoms with Gasteiger partial charge < -0.3 is 133 Å². The Morgan fingerprint density at radius 1 is 0.565 bits per heavy atom. The molecule has 36 atom stereocenters. The molecule has 27 heteroatoms. The Kier molecular flexibility index (Phi) is 20.6. The molecule has 15 N–H and O–H groups in total. The van der Waals surface area contributed by atoms with Crippen molar-refractivity contribution in [2.75, 3.05) is 33.5 Å². The van der Waals surface area contributed by atoms with Crippen LogP contribution in [-0.2, 0) is 56.8 Å². The molecule has 0 spiro atoms. The molecule has 0 unspecified atom stereocenters. The SMILES string of the molecule is CO[C@]1(CC[C@H](C)CO[C@@H]2O[C@H](CO)[C@@H](O)[C@H](O)[C@H]2O)O[C@H]2C[C@H]3[C@@H]4CC=C5C[C@@H](O[C@@H]6O[C@H](CO)[C@@H](O)[C@H](O[C@@H]7O[C@@H](C)[C@H](O[C@@H]8O[C@H](CO)[C@@H](O)[C@H](O)[C@H]8O)[C@@H](O)[C@H]7O)[C@H]6O[C@@H]6O[C@@H](C)[C@H](O)[C@@H](O)[C@H]6O)CC[C@]5(C)[C@H]4CC[C@]3(C)[C@H]2[C@@H]1C. The number of hydrogen-bond acceptors (Lipinski definition) is 27. The molecule has 6 aliphatic heterocycles. The Bertz CT molecular complexity index is 2240. The normalized spacial score (nSPS) is 54.8. The number of aliphatic hydroxyl groups excluding tert-OH is 15. The van der Waals surface area contributed by atoms with E-state index in [1.54, 1.807) is 7.11 Å². The zero-order valence-corrected chi connectivity index (χ0v) is 49.4. The molecular weight excluding hydrogens is 1130 g/mol. The van der Waals surface area contributed by atoms with E-state index in [2.05, 4.69) is 26.8 Å². The molecule has 0 radical (unpaired) electrons. The minimum Gasteiger partial charge on any atom is -0.394 e. The predicted molar refractivity (Wildman–Crippen MR) is 286 cm³/mol. The van der Waals surface area contributed by atoms with Crippen LogP contribution in [-0.4, -0.2) is 282 Å². The summed E-state index contributed by atoms with van der Waals surface area (Å²) >= 11 is 0. The van der Waals surface area contributed by atoms with Crippen LogP contribution in [0.25, 0.3) is 0 Å². The van der Waals surface area contributed by atoms with Gasteiger partial charge in [0.15, 0.2) is 37.2 Å². The largest absolute Gasteiger partial charge is 0.394 e. The highest BCUT2D eigenvalue weighted by Gasteiger charge is 2.69. The van der Waals surface area contributed by atoms with Crippen molar-refractivity contribution in [2.45, 2.75) is 271 Å². The third-order valence-electron chi connectivity index (χ3n) is 21.9. The van der Waals surface area contributed by atoms with Gasteiger partial charge in [-0.2, -0.15) is 0 Å². The molecule has 3 saturated carbocycles. The van der Waals surface area contributed by atoms with Crippen LogP contribution in [0, 0.1) is 46.3 Å². The topological polar surface area (TPSA) is 414 Å². The van der Waals surface area contributed by atoms with Gasteiger partial charge in [0.1, 0.15) is 110 Å². The van der Waals surface area contributed by atoms with Crippen molar-refractivity contribution in [1.82, 2.24) is 0 Å². The summed E-state index contributed by atoms with van der Waals surface area (Å²) in [5.41, 5.74) is 1.03. The first-order valence-electron chi connectivity index (χ1n) is 30.7. The van der Waals surface area contributed by atoms with Gasteiger partial charge in [-0.15, -0.1) is 0 Å². The molecule has 490 valence electrons. The molecule has 9 fully saturated rings. The summed E-state index contributed by atoms with van der Waals surface area (Å²) in [5, 5.41) is 160. The highest BCUT2D eigenvalue weighted by atomic mass is 16.8. The fourth-order valence-corrected chi connectivity index (χ4v) is 16.8. The lowest BCUT2D eigenvalue weighted by atomic mass is 9.47. The van der Waals surface area contributed by atoms with E-state index < -0.39 is 185 Å². The van der Waals surface area contributed by atoms with E-state index in [0.29, 0.717) is 43.4 Å². The number of hydrogen-bond donors (Lipinski definition) is 15. The van der Waals surface area contributed by atoms with E-state index >= 15 is 0 Å². The van der Waals surface area contributed by atoms with Crippen molar-refractivity contribution < 1.29 is 133 Å². The number of allylic oxidation sites excluding steroid dienone is 1. The molecule has 0 amide bonds. The highest BCUT2D eigenvalue weighted by Crippen LogP contribution is 2.70. The summed E-state index contributed by atoms with van der Waals surface area (Å²) in [6, 6.07) is 0. The van der Waals surface area contributed by atoms with Crippen molar-refractivity contribution in [3.63, 3.8) is 0 Å². The maximum Gasteiger partial charge on any atom is 0.187 e. The van der Waals surface area contributed by atoms with Gasteiger partial charge in [0.05, 0.1) is 50.8 Å². The van der Waals surface area contributed by atoms with Gasteiger partial charge in [-0.25, -0.2) is 0 Å². The number of methoxy groups -OCH3 is 1. The van der Waals surface area contributed by atoms with Crippen molar-refractivity contribution >= 4 is 0 Å². The van der Waals surface area contributed by atoms with Gasteiger partial charge in [0.25, 0.3) is 0 Å². The third kappa shape index (κ3) is 12.1. The lowest BCUT2D eigenvalue weighted by Gasteiger charge is -2.58. The summed E-state index contributed by atoms with van der Waals surface area (Å²) in [6.07, 6.45) is -30.3. The summed E-state index contributed by atoms with van der Waals surface area (Å²) in [5.74, 6) is 0.606. The fourth-order valence-electron chi connectivity index (χ4n) is 16.8. The van der Waals surface area contributed by atoms with Gasteiger partial charge in [0.2, 0.25) is 0 Å². The van der Waals surface area contributed by atoms with Crippen molar-refractivity contribution in [3.05, 3.63) is 11.6 Å². The van der Waals surface area contributed by atoms with Gasteiger partial charge in [-0.3, -0.25) is 0 Å². The molecule has 0 aromatic rings. The fraction of sp³-hybridized carbons (Fsp3) is 0.966. The number of rotatable bonds is 18. The maximum absolute atomic E-state index is 11.9. The summed E-state index contributed by atoms with van der Waals surface area (Å²) < 4.78 is 73.9. The van der Waals surface area contributed by atoms with Crippen molar-refractivity contribution in [1.29, 1.82) is 0 Å². The van der Waals surface area contributed by atoms with E-state index in [9.17, 15) is 76.6 Å². The summed E-state index contributed by atoms with van der Waals surface area (Å²) in [7, 11) is 1.70. The minimum atomic E-state index is -1.96. The average molecular weight is 1230 g/mol. The summed E-state index contributed by atoms with van der Waals surface area (Å²) in [6.45, 7) is 10.1. The standard InChI is InChI=1S/C58H96O27/c1-22(21-75-51-44(70)41(67)37(63)32(18-59)79-51)10-15-58(74-7)23(2)35-31(85-58)17-30-28-9-8-26-16-27(11-13-56(26,5)29(28)12-14-57(30,35)6)78-55-50(84-52-45(71)40(66)36(62)24(3)76-52)49(39(65)34(20-61)81-55)83-53-47(73)43(69)48(25(4)77-53)82-54-46(72)42(68)38(64)33(19-60)80-54/h8,22-25,27-55,59-73H,9-21H2,1-7H3/t22-,23-,24-,25-,27-,28+,29-,30-,31-,32+,33+,34+,35-,36-,37+,38+,39+,40+,41-,42-,43-,44+,45+,46+,47+,48-,49-,50+,51+,52-,53-,54-,55+,56-,57-,58+/m0/s1. The smallest absolute Gasteiger partial charge is 0.187 e. The van der Waals surface area contributed by atoms with Crippen molar-refractivity contribution in [3.8, 4) is 0 Å². The number of fused-ring (bicyclic) bond motifs is 7. The molecule has 0 bridgehead atoms.